The lowest BCUT2D eigenvalue weighted by molar-refractivity contribution is -0.125. The Morgan fingerprint density at radius 1 is 1.22 bits per heavy atom. The molecule has 1 saturated heterocycles. The summed E-state index contributed by atoms with van der Waals surface area (Å²) in [6.45, 7) is 4.59. The normalized spacial score (nSPS) is 22.1. The van der Waals surface area contributed by atoms with E-state index in [0.29, 0.717) is 24.3 Å². The van der Waals surface area contributed by atoms with Crippen LogP contribution in [0, 0.1) is 0 Å². The lowest BCUT2D eigenvalue weighted by atomic mass is 9.86. The van der Waals surface area contributed by atoms with Crippen molar-refractivity contribution in [3.63, 3.8) is 0 Å². The van der Waals surface area contributed by atoms with Crippen molar-refractivity contribution in [3.05, 3.63) is 23.8 Å². The molecule has 8 heteroatoms. The quantitative estimate of drug-likeness (QED) is 0.821. The molecule has 0 spiro atoms. The molecule has 1 aromatic rings. The topological polar surface area (TPSA) is 86.8 Å². The van der Waals surface area contributed by atoms with E-state index in [2.05, 4.69) is 5.32 Å². The Hall–Kier alpha value is -1.93. The first kappa shape index (κ1) is 18.4. The third-order valence-corrected chi connectivity index (χ3v) is 7.55. The van der Waals surface area contributed by atoms with Crippen LogP contribution in [0.25, 0.3) is 0 Å². The molecule has 27 heavy (non-hydrogen) atoms. The second-order valence-electron chi connectivity index (χ2n) is 8.15. The molecule has 0 bridgehead atoms. The molecule has 0 radical (unpaired) electrons. The molecular formula is C19H25N3O4S. The van der Waals surface area contributed by atoms with Crippen molar-refractivity contribution in [2.24, 2.45) is 0 Å². The van der Waals surface area contributed by atoms with Crippen molar-refractivity contribution < 1.29 is 18.0 Å². The van der Waals surface area contributed by atoms with E-state index in [1.165, 1.54) is 9.21 Å². The molecule has 146 valence electrons. The predicted octanol–water partition coefficient (Wildman–Crippen LogP) is 1.37. The van der Waals surface area contributed by atoms with Gasteiger partial charge in [-0.3, -0.25) is 9.59 Å². The van der Waals surface area contributed by atoms with Crippen LogP contribution in [0.3, 0.4) is 0 Å². The van der Waals surface area contributed by atoms with Gasteiger partial charge in [-0.25, -0.2) is 8.42 Å². The van der Waals surface area contributed by atoms with Gasteiger partial charge in [0, 0.05) is 24.8 Å². The first-order chi connectivity index (χ1) is 12.7. The minimum absolute atomic E-state index is 0.0377. The SMILES string of the molecule is CC1(C)C(=O)N(CC(=O)NC2CC2)c2ccc(S(=O)(=O)N3CCCC3)cc21. The number of hydrogen-bond acceptors (Lipinski definition) is 4. The number of amides is 2. The van der Waals surface area contributed by atoms with Gasteiger partial charge in [0.15, 0.2) is 0 Å². The molecule has 7 nitrogen and oxygen atoms in total. The fourth-order valence-corrected chi connectivity index (χ4v) is 5.40. The van der Waals surface area contributed by atoms with Crippen LogP contribution in [-0.4, -0.2) is 50.2 Å². The summed E-state index contributed by atoms with van der Waals surface area (Å²) in [6.07, 6.45) is 3.72. The molecule has 0 unspecified atom stereocenters. The predicted molar refractivity (Wildman–Crippen MR) is 101 cm³/mol. The number of sulfonamides is 1. The van der Waals surface area contributed by atoms with Crippen LogP contribution < -0.4 is 10.2 Å². The molecule has 1 N–H and O–H groups in total. The van der Waals surface area contributed by atoms with Gasteiger partial charge in [-0.1, -0.05) is 0 Å². The van der Waals surface area contributed by atoms with Gasteiger partial charge in [-0.15, -0.1) is 0 Å². The molecule has 0 atom stereocenters. The van der Waals surface area contributed by atoms with E-state index in [1.807, 2.05) is 0 Å². The number of carbonyl (C=O) groups excluding carboxylic acids is 2. The van der Waals surface area contributed by atoms with Gasteiger partial charge in [0.1, 0.15) is 6.54 Å². The fourth-order valence-electron chi connectivity index (χ4n) is 3.85. The van der Waals surface area contributed by atoms with E-state index in [4.69, 9.17) is 0 Å². The van der Waals surface area contributed by atoms with Crippen LogP contribution in [0.15, 0.2) is 23.1 Å². The minimum Gasteiger partial charge on any atom is -0.352 e. The van der Waals surface area contributed by atoms with E-state index < -0.39 is 15.4 Å². The standard InChI is InChI=1S/C19H25N3O4S/c1-19(2)15-11-14(27(25,26)21-9-3-4-10-21)7-8-16(15)22(18(19)24)12-17(23)20-13-5-6-13/h7-8,11,13H,3-6,9-10,12H2,1-2H3,(H,20,23). The highest BCUT2D eigenvalue weighted by molar-refractivity contribution is 7.89. The van der Waals surface area contributed by atoms with Crippen molar-refractivity contribution in [2.75, 3.05) is 24.5 Å². The van der Waals surface area contributed by atoms with Gasteiger partial charge in [0.05, 0.1) is 10.3 Å². The number of carbonyl (C=O) groups is 2. The zero-order chi connectivity index (χ0) is 19.4. The Bertz CT molecular complexity index is 900. The number of nitrogens with zero attached hydrogens (tertiary/aromatic N) is 2. The number of fused-ring (bicyclic) bond motifs is 1. The van der Waals surface area contributed by atoms with E-state index in [1.54, 1.807) is 32.0 Å². The van der Waals surface area contributed by atoms with Crippen LogP contribution in [0.4, 0.5) is 5.69 Å². The van der Waals surface area contributed by atoms with E-state index in [-0.39, 0.29) is 29.3 Å². The smallest absolute Gasteiger partial charge is 0.243 e. The first-order valence-corrected chi connectivity index (χ1v) is 10.9. The summed E-state index contributed by atoms with van der Waals surface area (Å²) in [4.78, 5) is 26.8. The highest BCUT2D eigenvalue weighted by atomic mass is 32.2. The molecule has 2 fully saturated rings. The number of benzene rings is 1. The number of rotatable bonds is 5. The molecule has 3 aliphatic rings. The maximum absolute atomic E-state index is 12.9. The van der Waals surface area contributed by atoms with Gasteiger partial charge < -0.3 is 10.2 Å². The van der Waals surface area contributed by atoms with Crippen LogP contribution in [0.2, 0.25) is 0 Å². The van der Waals surface area contributed by atoms with Crippen LogP contribution in [-0.2, 0) is 25.0 Å². The Labute approximate surface area is 159 Å². The Kier molecular flexibility index (Phi) is 4.31. The number of nitrogens with one attached hydrogen (secondary N) is 1. The van der Waals surface area contributed by atoms with Crippen molar-refractivity contribution in [2.45, 2.75) is 55.9 Å². The zero-order valence-electron chi connectivity index (χ0n) is 15.7. The average molecular weight is 391 g/mol. The first-order valence-electron chi connectivity index (χ1n) is 9.47. The molecular weight excluding hydrogens is 366 g/mol. The van der Waals surface area contributed by atoms with Crippen LogP contribution in [0.1, 0.15) is 45.1 Å². The summed E-state index contributed by atoms with van der Waals surface area (Å²) < 4.78 is 27.3. The Morgan fingerprint density at radius 2 is 1.89 bits per heavy atom. The number of hydrogen-bond donors (Lipinski definition) is 1. The molecule has 1 saturated carbocycles. The average Bonchev–Trinajstić information content (AvgIpc) is 3.19. The molecule has 2 heterocycles. The third-order valence-electron chi connectivity index (χ3n) is 5.66. The molecule has 2 amide bonds. The summed E-state index contributed by atoms with van der Waals surface area (Å²) in [7, 11) is -3.55. The minimum atomic E-state index is -3.55. The largest absolute Gasteiger partial charge is 0.352 e. The van der Waals surface area contributed by atoms with Gasteiger partial charge in [0.2, 0.25) is 21.8 Å². The van der Waals surface area contributed by atoms with Crippen molar-refractivity contribution in [1.29, 1.82) is 0 Å². The van der Waals surface area contributed by atoms with Crippen molar-refractivity contribution >= 4 is 27.5 Å². The molecule has 2 aliphatic heterocycles. The Balaban J connectivity index is 1.66. The van der Waals surface area contributed by atoms with Crippen molar-refractivity contribution in [3.8, 4) is 0 Å². The molecule has 0 aromatic heterocycles. The summed E-state index contributed by atoms with van der Waals surface area (Å²) in [5, 5.41) is 2.90. The summed E-state index contributed by atoms with van der Waals surface area (Å²) in [6, 6.07) is 5.05. The maximum atomic E-state index is 12.9. The van der Waals surface area contributed by atoms with Gasteiger partial charge in [-0.2, -0.15) is 4.31 Å². The zero-order valence-corrected chi connectivity index (χ0v) is 16.5. The molecule has 1 aromatic carbocycles. The summed E-state index contributed by atoms with van der Waals surface area (Å²) in [5.41, 5.74) is 0.412. The second kappa shape index (κ2) is 6.31. The Morgan fingerprint density at radius 3 is 2.52 bits per heavy atom. The fraction of sp³-hybridized carbons (Fsp3) is 0.579. The van der Waals surface area contributed by atoms with E-state index >= 15 is 0 Å². The van der Waals surface area contributed by atoms with Gasteiger partial charge >= 0.3 is 0 Å². The molecule has 1 aliphatic carbocycles. The van der Waals surface area contributed by atoms with Gasteiger partial charge in [0.25, 0.3) is 0 Å². The van der Waals surface area contributed by atoms with Crippen LogP contribution in [0.5, 0.6) is 0 Å². The van der Waals surface area contributed by atoms with Crippen molar-refractivity contribution in [1.82, 2.24) is 9.62 Å². The second-order valence-corrected chi connectivity index (χ2v) is 10.1. The monoisotopic (exact) mass is 391 g/mol. The van der Waals surface area contributed by atoms with Crippen LogP contribution >= 0.6 is 0 Å². The van der Waals surface area contributed by atoms with Gasteiger partial charge in [-0.05, 0) is 63.3 Å². The summed E-state index contributed by atoms with van der Waals surface area (Å²) >= 11 is 0. The number of anilines is 1. The molecule has 4 rings (SSSR count). The van der Waals surface area contributed by atoms with E-state index in [0.717, 1.165) is 25.7 Å². The highest BCUT2D eigenvalue weighted by Crippen LogP contribution is 2.42. The summed E-state index contributed by atoms with van der Waals surface area (Å²) in [5.74, 6) is -0.359. The highest BCUT2D eigenvalue weighted by Gasteiger charge is 2.45. The lowest BCUT2D eigenvalue weighted by Gasteiger charge is -2.20. The third kappa shape index (κ3) is 3.14. The lowest BCUT2D eigenvalue weighted by Crippen LogP contribution is -2.43. The maximum Gasteiger partial charge on any atom is 0.243 e. The van der Waals surface area contributed by atoms with E-state index in [9.17, 15) is 18.0 Å².